The van der Waals surface area contributed by atoms with Gasteiger partial charge in [0.1, 0.15) is 11.6 Å². The van der Waals surface area contributed by atoms with Gasteiger partial charge >= 0.3 is 0 Å². The van der Waals surface area contributed by atoms with Crippen LogP contribution in [0, 0.1) is 6.92 Å². The summed E-state index contributed by atoms with van der Waals surface area (Å²) in [4.78, 5) is 9.57. The molecule has 15 heavy (non-hydrogen) atoms. The third-order valence-electron chi connectivity index (χ3n) is 2.56. The third kappa shape index (κ3) is 2.07. The first kappa shape index (κ1) is 10.3. The standard InChI is InChI=1S/C10H18N4O/c1-7-12-8(11)9(13-7)14-4-5-15-10(2,3)6-14/h4-6,11H2,1-3H3,(H,12,13). The molecule has 0 saturated carbocycles. The predicted molar refractivity (Wildman–Crippen MR) is 60.0 cm³/mol. The number of morpholine rings is 1. The molecule has 0 radical (unpaired) electrons. The molecule has 0 atom stereocenters. The van der Waals surface area contributed by atoms with Crippen LogP contribution in [0.15, 0.2) is 0 Å². The quantitative estimate of drug-likeness (QED) is 0.723. The number of rotatable bonds is 1. The summed E-state index contributed by atoms with van der Waals surface area (Å²) < 4.78 is 5.64. The fourth-order valence-electron chi connectivity index (χ4n) is 1.94. The Morgan fingerprint density at radius 1 is 1.53 bits per heavy atom. The zero-order valence-corrected chi connectivity index (χ0v) is 9.50. The Hall–Kier alpha value is -1.23. The second-order valence-electron chi connectivity index (χ2n) is 4.59. The van der Waals surface area contributed by atoms with Crippen molar-refractivity contribution >= 4 is 11.6 Å². The van der Waals surface area contributed by atoms with Gasteiger partial charge in [-0.2, -0.15) is 0 Å². The minimum absolute atomic E-state index is 0.127. The highest BCUT2D eigenvalue weighted by atomic mass is 16.5. The number of aromatic amines is 1. The van der Waals surface area contributed by atoms with E-state index in [4.69, 9.17) is 10.5 Å². The van der Waals surface area contributed by atoms with Gasteiger partial charge in [0.25, 0.3) is 0 Å². The van der Waals surface area contributed by atoms with Crippen molar-refractivity contribution in [3.8, 4) is 0 Å². The minimum Gasteiger partial charge on any atom is -0.382 e. The van der Waals surface area contributed by atoms with Gasteiger partial charge in [0, 0.05) is 13.1 Å². The second-order valence-corrected chi connectivity index (χ2v) is 4.59. The van der Waals surface area contributed by atoms with Crippen LogP contribution in [0.2, 0.25) is 0 Å². The maximum absolute atomic E-state index is 5.86. The SMILES string of the molecule is Cc1nc(N2CCOC(C)(C)C2)c(N)[nH]1. The van der Waals surface area contributed by atoms with Crippen LogP contribution in [-0.4, -0.2) is 35.3 Å². The van der Waals surface area contributed by atoms with Crippen LogP contribution in [0.4, 0.5) is 11.6 Å². The summed E-state index contributed by atoms with van der Waals surface area (Å²) >= 11 is 0. The number of hydrogen-bond donors (Lipinski definition) is 2. The smallest absolute Gasteiger partial charge is 0.171 e. The van der Waals surface area contributed by atoms with Crippen LogP contribution in [0.5, 0.6) is 0 Å². The zero-order chi connectivity index (χ0) is 11.1. The number of imidazole rings is 1. The molecule has 2 heterocycles. The third-order valence-corrected chi connectivity index (χ3v) is 2.56. The molecule has 0 aliphatic carbocycles. The van der Waals surface area contributed by atoms with Crippen molar-refractivity contribution in [3.63, 3.8) is 0 Å². The van der Waals surface area contributed by atoms with Gasteiger partial charge in [-0.3, -0.25) is 0 Å². The van der Waals surface area contributed by atoms with Crippen molar-refractivity contribution in [2.24, 2.45) is 0 Å². The summed E-state index contributed by atoms with van der Waals surface area (Å²) in [5, 5.41) is 0. The van der Waals surface area contributed by atoms with E-state index in [1.165, 1.54) is 0 Å². The van der Waals surface area contributed by atoms with Crippen LogP contribution < -0.4 is 10.6 Å². The number of aromatic nitrogens is 2. The predicted octanol–water partition coefficient (Wildman–Crippen LogP) is 0.916. The first-order chi connectivity index (χ1) is 6.98. The molecule has 84 valence electrons. The summed E-state index contributed by atoms with van der Waals surface area (Å²) in [6.07, 6.45) is 0. The van der Waals surface area contributed by atoms with Crippen LogP contribution in [-0.2, 0) is 4.74 Å². The van der Waals surface area contributed by atoms with Crippen molar-refractivity contribution in [2.75, 3.05) is 30.3 Å². The van der Waals surface area contributed by atoms with Crippen molar-refractivity contribution in [2.45, 2.75) is 26.4 Å². The first-order valence-corrected chi connectivity index (χ1v) is 5.19. The second kappa shape index (κ2) is 3.41. The zero-order valence-electron chi connectivity index (χ0n) is 9.50. The fraction of sp³-hybridized carbons (Fsp3) is 0.700. The molecule has 3 N–H and O–H groups in total. The van der Waals surface area contributed by atoms with E-state index in [0.717, 1.165) is 31.3 Å². The normalized spacial score (nSPS) is 20.6. The van der Waals surface area contributed by atoms with E-state index >= 15 is 0 Å². The number of H-pyrrole nitrogens is 1. The van der Waals surface area contributed by atoms with Crippen LogP contribution in [0.25, 0.3) is 0 Å². The summed E-state index contributed by atoms with van der Waals surface area (Å²) in [6, 6.07) is 0. The van der Waals surface area contributed by atoms with Gasteiger partial charge in [-0.1, -0.05) is 0 Å². The van der Waals surface area contributed by atoms with Crippen molar-refractivity contribution in [1.82, 2.24) is 9.97 Å². The molecule has 2 rings (SSSR count). The van der Waals surface area contributed by atoms with E-state index in [1.54, 1.807) is 0 Å². The van der Waals surface area contributed by atoms with Crippen molar-refractivity contribution in [1.29, 1.82) is 0 Å². The van der Waals surface area contributed by atoms with Gasteiger partial charge in [0.2, 0.25) is 0 Å². The first-order valence-electron chi connectivity index (χ1n) is 5.19. The summed E-state index contributed by atoms with van der Waals surface area (Å²) in [6.45, 7) is 8.45. The topological polar surface area (TPSA) is 67.2 Å². The molecule has 0 bridgehead atoms. The summed E-state index contributed by atoms with van der Waals surface area (Å²) in [5.74, 6) is 2.35. The van der Waals surface area contributed by atoms with E-state index in [-0.39, 0.29) is 5.60 Å². The molecule has 0 spiro atoms. The molecule has 5 heteroatoms. The van der Waals surface area contributed by atoms with E-state index in [0.29, 0.717) is 5.82 Å². The number of anilines is 2. The molecule has 1 aromatic rings. The maximum atomic E-state index is 5.86. The molecule has 1 saturated heterocycles. The molecule has 1 aliphatic heterocycles. The number of nitrogen functional groups attached to an aromatic ring is 1. The number of nitrogens with one attached hydrogen (secondary N) is 1. The average Bonchev–Trinajstić information content (AvgIpc) is 2.43. The highest BCUT2D eigenvalue weighted by Gasteiger charge is 2.29. The lowest BCUT2D eigenvalue weighted by atomic mass is 10.1. The number of aryl methyl sites for hydroxylation is 1. The Kier molecular flexibility index (Phi) is 2.34. The van der Waals surface area contributed by atoms with Gasteiger partial charge in [0.05, 0.1) is 12.2 Å². The van der Waals surface area contributed by atoms with Gasteiger partial charge in [-0.05, 0) is 20.8 Å². The Bertz CT molecular complexity index is 358. The number of nitrogens with two attached hydrogens (primary N) is 1. The monoisotopic (exact) mass is 210 g/mol. The van der Waals surface area contributed by atoms with Crippen molar-refractivity contribution < 1.29 is 4.74 Å². The molecule has 1 fully saturated rings. The van der Waals surface area contributed by atoms with Gasteiger partial charge in [0.15, 0.2) is 5.82 Å². The molecular formula is C10H18N4O. The average molecular weight is 210 g/mol. The fourth-order valence-corrected chi connectivity index (χ4v) is 1.94. The molecule has 0 unspecified atom stereocenters. The molecular weight excluding hydrogens is 192 g/mol. The largest absolute Gasteiger partial charge is 0.382 e. The van der Waals surface area contributed by atoms with Gasteiger partial charge in [-0.25, -0.2) is 4.98 Å². The van der Waals surface area contributed by atoms with Gasteiger partial charge < -0.3 is 20.4 Å². The number of nitrogens with zero attached hydrogens (tertiary/aromatic N) is 2. The van der Waals surface area contributed by atoms with E-state index in [2.05, 4.69) is 28.7 Å². The Balaban J connectivity index is 2.20. The Morgan fingerprint density at radius 3 is 2.80 bits per heavy atom. The highest BCUT2D eigenvalue weighted by Crippen LogP contribution is 2.25. The van der Waals surface area contributed by atoms with E-state index in [1.807, 2.05) is 6.92 Å². The van der Waals surface area contributed by atoms with Crippen LogP contribution in [0.1, 0.15) is 19.7 Å². The highest BCUT2D eigenvalue weighted by molar-refractivity contribution is 5.59. The number of hydrogen-bond acceptors (Lipinski definition) is 4. The van der Waals surface area contributed by atoms with Crippen LogP contribution >= 0.6 is 0 Å². The van der Waals surface area contributed by atoms with Gasteiger partial charge in [-0.15, -0.1) is 0 Å². The summed E-state index contributed by atoms with van der Waals surface area (Å²) in [5.41, 5.74) is 5.73. The minimum atomic E-state index is -0.127. The number of ether oxygens (including phenoxy) is 1. The maximum Gasteiger partial charge on any atom is 0.171 e. The lowest BCUT2D eigenvalue weighted by Crippen LogP contribution is -2.48. The van der Waals surface area contributed by atoms with Crippen LogP contribution in [0.3, 0.4) is 0 Å². The lowest BCUT2D eigenvalue weighted by molar-refractivity contribution is -0.0278. The van der Waals surface area contributed by atoms with Crippen molar-refractivity contribution in [3.05, 3.63) is 5.82 Å². The van der Waals surface area contributed by atoms with E-state index in [9.17, 15) is 0 Å². The van der Waals surface area contributed by atoms with E-state index < -0.39 is 0 Å². The Labute approximate surface area is 89.6 Å². The molecule has 1 aromatic heterocycles. The molecule has 0 aromatic carbocycles. The molecule has 5 nitrogen and oxygen atoms in total. The summed E-state index contributed by atoms with van der Waals surface area (Å²) in [7, 11) is 0. The molecule has 1 aliphatic rings. The lowest BCUT2D eigenvalue weighted by Gasteiger charge is -2.38. The Morgan fingerprint density at radius 2 is 2.27 bits per heavy atom. The molecule has 0 amide bonds.